The number of rotatable bonds is 3. The van der Waals surface area contributed by atoms with Gasteiger partial charge in [-0.1, -0.05) is 174 Å². The summed E-state index contributed by atoms with van der Waals surface area (Å²) in [6, 6.07) is 0. The van der Waals surface area contributed by atoms with Crippen LogP contribution in [0.3, 0.4) is 0 Å². The van der Waals surface area contributed by atoms with E-state index >= 15 is 0 Å². The van der Waals surface area contributed by atoms with Gasteiger partial charge in [0.25, 0.3) is 0 Å². The molecule has 3 aromatic rings. The van der Waals surface area contributed by atoms with Crippen molar-refractivity contribution in [2.24, 2.45) is 0 Å². The molecule has 0 fully saturated rings. The van der Waals surface area contributed by atoms with Crippen molar-refractivity contribution in [2.45, 2.75) is 0 Å². The van der Waals surface area contributed by atoms with E-state index in [1.165, 1.54) is 0 Å². The highest BCUT2D eigenvalue weighted by Gasteiger charge is 2.37. The Morgan fingerprint density at radius 3 is 0.471 bits per heavy atom. The number of hydrogen-bond acceptors (Lipinski definition) is 0. The minimum absolute atomic E-state index is 0.0404. The van der Waals surface area contributed by atoms with Gasteiger partial charge in [-0.15, -0.1) is 0 Å². The van der Waals surface area contributed by atoms with Crippen LogP contribution < -0.4 is 0 Å². The molecule has 0 nitrogen and oxygen atoms in total. The van der Waals surface area contributed by atoms with Gasteiger partial charge < -0.3 is 0 Å². The van der Waals surface area contributed by atoms with Gasteiger partial charge in [-0.3, -0.25) is 0 Å². The van der Waals surface area contributed by atoms with E-state index in [9.17, 15) is 0 Å². The molecule has 0 aliphatic heterocycles. The second-order valence-corrected chi connectivity index (χ2v) is 11.9. The highest BCUT2D eigenvalue weighted by Crippen LogP contribution is 2.58. The summed E-state index contributed by atoms with van der Waals surface area (Å²) in [5.74, 6) is -0.0404. The number of halogens is 15. The lowest BCUT2D eigenvalue weighted by molar-refractivity contribution is 1.23. The van der Waals surface area contributed by atoms with Crippen LogP contribution in [0.5, 0.6) is 0 Å². The maximum Gasteiger partial charge on any atom is 0.0809 e. The fraction of sp³-hybridized carbons (Fsp3) is 0. The molecule has 1 radical (unpaired) electrons. The van der Waals surface area contributed by atoms with Crippen LogP contribution in [-0.4, -0.2) is 0 Å². The Kier molecular flexibility index (Phi) is 10.4. The summed E-state index contributed by atoms with van der Waals surface area (Å²) < 4.78 is 0. The van der Waals surface area contributed by atoms with Crippen molar-refractivity contribution in [3.05, 3.63) is 97.9 Å². The SMILES string of the molecule is Clc1c(Cl)c(Cl)c([C](c2c(Cl)c(Cl)c(Cl)c(Cl)c2Cl)c2c(Cl)c(Cl)c(Cl)c(Cl)c2Cl)c(Cl)c1Cl. The van der Waals surface area contributed by atoms with Gasteiger partial charge in [0.1, 0.15) is 0 Å². The number of benzene rings is 3. The third-order valence-corrected chi connectivity index (χ3v) is 11.2. The molecule has 0 bridgehead atoms. The van der Waals surface area contributed by atoms with Crippen LogP contribution in [0, 0.1) is 5.92 Å². The topological polar surface area (TPSA) is 0 Å². The molecule has 0 aliphatic carbocycles. The van der Waals surface area contributed by atoms with E-state index in [1.807, 2.05) is 0 Å². The van der Waals surface area contributed by atoms with E-state index in [2.05, 4.69) is 0 Å². The molecule has 3 rings (SSSR count). The molecular formula is C19Cl15. The van der Waals surface area contributed by atoms with Crippen LogP contribution in [0.2, 0.25) is 75.3 Å². The monoisotopic (exact) mass is 753 g/mol. The summed E-state index contributed by atoms with van der Waals surface area (Å²) in [6.45, 7) is 0. The Bertz CT molecular complexity index is 1110. The molecule has 0 atom stereocenters. The Balaban J connectivity index is 2.68. The highest BCUT2D eigenvalue weighted by atomic mass is 35.5. The maximum absolute atomic E-state index is 6.56. The zero-order valence-electron chi connectivity index (χ0n) is 15.2. The lowest BCUT2D eigenvalue weighted by Crippen LogP contribution is -2.11. The molecule has 3 aromatic carbocycles. The maximum atomic E-state index is 6.56. The van der Waals surface area contributed by atoms with Crippen molar-refractivity contribution in [3.8, 4) is 0 Å². The van der Waals surface area contributed by atoms with Crippen LogP contribution in [0.25, 0.3) is 0 Å². The van der Waals surface area contributed by atoms with E-state index in [-0.39, 0.29) is 97.9 Å². The standard InChI is InChI=1S/C19Cl15/c20-5-2(6(21)12(27)17(32)11(5)26)1(3-7(22)13(28)18(33)14(29)8(3)23)4-9(24)15(30)19(34)16(31)10(4)25. The molecule has 15 heteroatoms. The molecular weight excluding hydrogens is 760 g/mol. The van der Waals surface area contributed by atoms with Gasteiger partial charge in [0.05, 0.1) is 81.3 Å². The molecule has 0 amide bonds. The molecule has 181 valence electrons. The second-order valence-electron chi connectivity index (χ2n) is 6.21. The van der Waals surface area contributed by atoms with Gasteiger partial charge in [0, 0.05) is 16.7 Å². The van der Waals surface area contributed by atoms with Crippen molar-refractivity contribution in [1.29, 1.82) is 0 Å². The normalized spacial score (nSPS) is 11.6. The second kappa shape index (κ2) is 11.6. The van der Waals surface area contributed by atoms with Gasteiger partial charge >= 0.3 is 0 Å². The first kappa shape index (κ1) is 30.6. The lowest BCUT2D eigenvalue weighted by atomic mass is 9.84. The van der Waals surface area contributed by atoms with E-state index in [0.29, 0.717) is 0 Å². The van der Waals surface area contributed by atoms with Crippen LogP contribution in [0.15, 0.2) is 0 Å². The molecule has 0 saturated heterocycles. The Hall–Kier alpha value is 2.01. The third-order valence-electron chi connectivity index (χ3n) is 4.38. The Morgan fingerprint density at radius 1 is 0.206 bits per heavy atom. The zero-order valence-corrected chi connectivity index (χ0v) is 26.5. The highest BCUT2D eigenvalue weighted by molar-refractivity contribution is 6.58. The summed E-state index contributed by atoms with van der Waals surface area (Å²) in [5, 5.41) is -2.25. The predicted molar refractivity (Wildman–Crippen MR) is 155 cm³/mol. The van der Waals surface area contributed by atoms with Gasteiger partial charge in [-0.05, 0) is 0 Å². The van der Waals surface area contributed by atoms with Crippen molar-refractivity contribution in [1.82, 2.24) is 0 Å². The van der Waals surface area contributed by atoms with Gasteiger partial charge in [0.2, 0.25) is 0 Å². The van der Waals surface area contributed by atoms with Gasteiger partial charge in [-0.2, -0.15) is 0 Å². The van der Waals surface area contributed by atoms with Crippen molar-refractivity contribution in [2.75, 3.05) is 0 Å². The minimum Gasteiger partial charge on any atom is -0.0822 e. The van der Waals surface area contributed by atoms with Gasteiger partial charge in [0.15, 0.2) is 0 Å². The lowest BCUT2D eigenvalue weighted by Gasteiger charge is -2.27. The molecule has 0 aromatic heterocycles. The van der Waals surface area contributed by atoms with E-state index in [1.54, 1.807) is 0 Å². The van der Waals surface area contributed by atoms with E-state index in [0.717, 1.165) is 0 Å². The first-order chi connectivity index (χ1) is 15.7. The first-order valence-electron chi connectivity index (χ1n) is 8.08. The molecule has 0 spiro atoms. The molecule has 0 unspecified atom stereocenters. The first-order valence-corrected chi connectivity index (χ1v) is 13.8. The zero-order chi connectivity index (χ0) is 26.0. The summed E-state index contributed by atoms with van der Waals surface area (Å²) in [4.78, 5) is 0. The Morgan fingerprint density at radius 2 is 0.324 bits per heavy atom. The van der Waals surface area contributed by atoms with Crippen LogP contribution in [0.4, 0.5) is 0 Å². The summed E-state index contributed by atoms with van der Waals surface area (Å²) in [6.07, 6.45) is 0. The van der Waals surface area contributed by atoms with Crippen LogP contribution in [0.1, 0.15) is 16.7 Å². The average Bonchev–Trinajstić information content (AvgIpc) is 2.81. The molecule has 0 heterocycles. The van der Waals surface area contributed by atoms with E-state index < -0.39 is 0 Å². The van der Waals surface area contributed by atoms with E-state index in [4.69, 9.17) is 174 Å². The molecule has 0 N–H and O–H groups in total. The minimum atomic E-state index is -0.167. The molecule has 0 saturated carbocycles. The average molecular weight is 760 g/mol. The molecule has 34 heavy (non-hydrogen) atoms. The van der Waals surface area contributed by atoms with Crippen LogP contribution >= 0.6 is 174 Å². The third kappa shape index (κ3) is 5.01. The largest absolute Gasteiger partial charge is 0.0822 e. The Labute approximate surface area is 268 Å². The number of hydrogen-bond donors (Lipinski definition) is 0. The summed E-state index contributed by atoms with van der Waals surface area (Å²) in [5.41, 5.74) is -0.127. The summed E-state index contributed by atoms with van der Waals surface area (Å²) >= 11 is 95.8. The predicted octanol–water partition coefficient (Wildman–Crippen LogP) is 14.5. The van der Waals surface area contributed by atoms with Crippen LogP contribution in [-0.2, 0) is 0 Å². The molecule has 0 aliphatic rings. The summed E-state index contributed by atoms with van der Waals surface area (Å²) in [7, 11) is 0. The quantitative estimate of drug-likeness (QED) is 0.142. The van der Waals surface area contributed by atoms with Crippen molar-refractivity contribution in [3.63, 3.8) is 0 Å². The van der Waals surface area contributed by atoms with Gasteiger partial charge in [-0.25, -0.2) is 0 Å². The smallest absolute Gasteiger partial charge is 0.0809 e. The fourth-order valence-electron chi connectivity index (χ4n) is 2.85. The fourth-order valence-corrected chi connectivity index (χ4v) is 6.83. The van der Waals surface area contributed by atoms with Crippen molar-refractivity contribution < 1.29 is 0 Å². The van der Waals surface area contributed by atoms with Crippen molar-refractivity contribution >= 4 is 174 Å².